The van der Waals surface area contributed by atoms with Crippen LogP contribution >= 0.6 is 27.7 Å². The molecule has 2 heteroatoms. The van der Waals surface area contributed by atoms with Gasteiger partial charge in [-0.3, -0.25) is 0 Å². The van der Waals surface area contributed by atoms with E-state index in [0.29, 0.717) is 0 Å². The van der Waals surface area contributed by atoms with Crippen LogP contribution in [0.3, 0.4) is 0 Å². The number of halogens is 1. The lowest BCUT2D eigenvalue weighted by Gasteiger charge is -2.01. The van der Waals surface area contributed by atoms with Gasteiger partial charge in [0.2, 0.25) is 0 Å². The Bertz CT molecular complexity index is 54.9. The zero-order valence-electron chi connectivity index (χ0n) is 6.19. The third kappa shape index (κ3) is 8.83. The topological polar surface area (TPSA) is 0 Å². The van der Waals surface area contributed by atoms with Gasteiger partial charge in [-0.1, -0.05) is 29.8 Å². The predicted octanol–water partition coefficient (Wildman–Crippen LogP) is 3.16. The highest BCUT2D eigenvalue weighted by Gasteiger charge is 1.92. The molecule has 0 heterocycles. The second-order valence-electron chi connectivity index (χ2n) is 2.48. The van der Waals surface area contributed by atoms with Crippen molar-refractivity contribution >= 4 is 27.7 Å². The molecule has 0 spiro atoms. The highest BCUT2D eigenvalue weighted by atomic mass is 79.9. The first kappa shape index (κ1) is 9.83. The Morgan fingerprint density at radius 3 is 2.44 bits per heavy atom. The van der Waals surface area contributed by atoms with Gasteiger partial charge in [0.1, 0.15) is 0 Å². The summed E-state index contributed by atoms with van der Waals surface area (Å²) in [6, 6.07) is 0. The van der Waals surface area contributed by atoms with Crippen LogP contribution in [-0.2, 0) is 0 Å². The molecule has 0 aromatic rings. The maximum Gasteiger partial charge on any atom is 0.0122 e. The monoisotopic (exact) mass is 210 g/mol. The summed E-state index contributed by atoms with van der Waals surface area (Å²) in [5.74, 6) is 3.45. The molecule has 0 saturated carbocycles. The molecule has 0 unspecified atom stereocenters. The van der Waals surface area contributed by atoms with Crippen molar-refractivity contribution in [3.63, 3.8) is 0 Å². The first-order valence-electron chi connectivity index (χ1n) is 3.41. The largest absolute Gasteiger partial charge is 0.161 e. The van der Waals surface area contributed by atoms with Crippen molar-refractivity contribution in [2.75, 3.05) is 16.8 Å². The van der Waals surface area contributed by atoms with E-state index in [1.165, 1.54) is 17.9 Å². The van der Waals surface area contributed by atoms with Crippen LogP contribution < -0.4 is 0 Å². The van der Waals surface area contributed by atoms with Crippen molar-refractivity contribution in [1.29, 1.82) is 0 Å². The summed E-state index contributed by atoms with van der Waals surface area (Å²) in [6.07, 6.45) is 1.36. The minimum absolute atomic E-state index is 0.868. The maximum atomic E-state index is 3.40. The number of thioether (sulfide) groups is 1. The molecule has 56 valence electrons. The molecular formula is C7H15BrS. The van der Waals surface area contributed by atoms with Crippen molar-refractivity contribution in [1.82, 2.24) is 0 Å². The standard InChI is InChI=1S/C7H15BrS/c1-7(2)3-5-9-6-4-8/h7H,3-6H2,1-2H3. The van der Waals surface area contributed by atoms with E-state index in [1.54, 1.807) is 0 Å². The molecule has 0 aromatic carbocycles. The number of hydrogen-bond acceptors (Lipinski definition) is 1. The first-order valence-corrected chi connectivity index (χ1v) is 5.68. The van der Waals surface area contributed by atoms with E-state index in [2.05, 4.69) is 29.8 Å². The molecule has 9 heavy (non-hydrogen) atoms. The fraction of sp³-hybridized carbons (Fsp3) is 1.00. The number of hydrogen-bond donors (Lipinski definition) is 0. The molecule has 0 rings (SSSR count). The fourth-order valence-corrected chi connectivity index (χ4v) is 2.11. The van der Waals surface area contributed by atoms with Gasteiger partial charge >= 0.3 is 0 Å². The minimum Gasteiger partial charge on any atom is -0.161 e. The van der Waals surface area contributed by atoms with Crippen molar-refractivity contribution < 1.29 is 0 Å². The van der Waals surface area contributed by atoms with Crippen molar-refractivity contribution in [3.05, 3.63) is 0 Å². The lowest BCUT2D eigenvalue weighted by molar-refractivity contribution is 0.632. The van der Waals surface area contributed by atoms with Gasteiger partial charge in [-0.25, -0.2) is 0 Å². The summed E-state index contributed by atoms with van der Waals surface area (Å²) in [6.45, 7) is 4.55. The van der Waals surface area contributed by atoms with Crippen LogP contribution in [-0.4, -0.2) is 16.8 Å². The highest BCUT2D eigenvalue weighted by molar-refractivity contribution is 9.09. The fourth-order valence-electron chi connectivity index (χ4n) is 0.476. The van der Waals surface area contributed by atoms with Crippen molar-refractivity contribution in [3.8, 4) is 0 Å². The average molecular weight is 211 g/mol. The van der Waals surface area contributed by atoms with Crippen LogP contribution in [0.15, 0.2) is 0 Å². The van der Waals surface area contributed by atoms with Gasteiger partial charge in [0.25, 0.3) is 0 Å². The van der Waals surface area contributed by atoms with Crippen molar-refractivity contribution in [2.24, 2.45) is 5.92 Å². The average Bonchev–Trinajstić information content (AvgIpc) is 1.80. The molecule has 0 N–H and O–H groups in total. The Balaban J connectivity index is 2.75. The van der Waals surface area contributed by atoms with Crippen LogP contribution in [0.1, 0.15) is 20.3 Å². The summed E-state index contributed by atoms with van der Waals surface area (Å²) in [7, 11) is 0. The molecule has 0 amide bonds. The van der Waals surface area contributed by atoms with Gasteiger partial charge < -0.3 is 0 Å². The van der Waals surface area contributed by atoms with Gasteiger partial charge in [0.05, 0.1) is 0 Å². The molecule has 0 fully saturated rings. The maximum absolute atomic E-state index is 3.40. The Kier molecular flexibility index (Phi) is 7.58. The van der Waals surface area contributed by atoms with Crippen LogP contribution in [0.5, 0.6) is 0 Å². The molecule has 0 atom stereocenters. The van der Waals surface area contributed by atoms with Crippen molar-refractivity contribution in [2.45, 2.75) is 20.3 Å². The van der Waals surface area contributed by atoms with Crippen LogP contribution in [0, 0.1) is 5.92 Å². The highest BCUT2D eigenvalue weighted by Crippen LogP contribution is 2.08. The van der Waals surface area contributed by atoms with Gasteiger partial charge in [-0.15, -0.1) is 0 Å². The van der Waals surface area contributed by atoms with E-state index >= 15 is 0 Å². The lowest BCUT2D eigenvalue weighted by Crippen LogP contribution is -1.90. The summed E-state index contributed by atoms with van der Waals surface area (Å²) in [5.41, 5.74) is 0. The van der Waals surface area contributed by atoms with E-state index in [0.717, 1.165) is 11.2 Å². The van der Waals surface area contributed by atoms with E-state index in [1.807, 2.05) is 11.8 Å². The molecule has 0 aliphatic heterocycles. The van der Waals surface area contributed by atoms with Gasteiger partial charge in [-0.05, 0) is 18.1 Å². The third-order valence-electron chi connectivity index (χ3n) is 1.06. The number of rotatable bonds is 5. The Morgan fingerprint density at radius 1 is 1.33 bits per heavy atom. The quantitative estimate of drug-likeness (QED) is 0.497. The zero-order chi connectivity index (χ0) is 7.11. The summed E-state index contributed by atoms with van der Waals surface area (Å²) >= 11 is 5.43. The van der Waals surface area contributed by atoms with Crippen LogP contribution in [0.25, 0.3) is 0 Å². The van der Waals surface area contributed by atoms with Crippen LogP contribution in [0.2, 0.25) is 0 Å². The zero-order valence-corrected chi connectivity index (χ0v) is 8.59. The first-order chi connectivity index (χ1) is 4.27. The SMILES string of the molecule is CC(C)CCSCCBr. The minimum atomic E-state index is 0.868. The van der Waals surface area contributed by atoms with Gasteiger partial charge in [0, 0.05) is 11.1 Å². The molecule has 0 aliphatic rings. The Morgan fingerprint density at radius 2 is 2.00 bits per heavy atom. The van der Waals surface area contributed by atoms with E-state index in [4.69, 9.17) is 0 Å². The summed E-state index contributed by atoms with van der Waals surface area (Å²) in [4.78, 5) is 0. The van der Waals surface area contributed by atoms with E-state index in [-0.39, 0.29) is 0 Å². The smallest absolute Gasteiger partial charge is 0.0122 e. The molecule has 0 saturated heterocycles. The second kappa shape index (κ2) is 6.94. The van der Waals surface area contributed by atoms with E-state index in [9.17, 15) is 0 Å². The molecule has 0 radical (unpaired) electrons. The normalized spacial score (nSPS) is 10.7. The molecule has 0 aromatic heterocycles. The molecular weight excluding hydrogens is 196 g/mol. The molecule has 0 nitrogen and oxygen atoms in total. The lowest BCUT2D eigenvalue weighted by atomic mass is 10.2. The Labute approximate surface area is 70.9 Å². The Hall–Kier alpha value is 0.830. The second-order valence-corrected chi connectivity index (χ2v) is 4.50. The molecule has 0 bridgehead atoms. The molecule has 0 aliphatic carbocycles. The summed E-state index contributed by atoms with van der Waals surface area (Å²) in [5, 5.41) is 1.13. The van der Waals surface area contributed by atoms with Gasteiger partial charge in [-0.2, -0.15) is 11.8 Å². The summed E-state index contributed by atoms with van der Waals surface area (Å²) < 4.78 is 0. The van der Waals surface area contributed by atoms with E-state index < -0.39 is 0 Å². The number of alkyl halides is 1. The third-order valence-corrected chi connectivity index (χ3v) is 3.00. The van der Waals surface area contributed by atoms with Crippen LogP contribution in [0.4, 0.5) is 0 Å². The predicted molar refractivity (Wildman–Crippen MR) is 50.6 cm³/mol. The van der Waals surface area contributed by atoms with Gasteiger partial charge in [0.15, 0.2) is 0 Å².